The van der Waals surface area contributed by atoms with Gasteiger partial charge in [0.25, 0.3) is 11.5 Å². The molecule has 3 rings (SSSR count). The van der Waals surface area contributed by atoms with E-state index in [1.165, 1.54) is 16.0 Å². The number of nitrogens with zero attached hydrogens (tertiary/aromatic N) is 4. The Kier molecular flexibility index (Phi) is 7.98. The van der Waals surface area contributed by atoms with Crippen LogP contribution in [0.3, 0.4) is 0 Å². The number of aryl methyl sites for hydroxylation is 3. The number of nitrogens with one attached hydrogen (secondary N) is 1. The molecule has 0 radical (unpaired) electrons. The van der Waals surface area contributed by atoms with Crippen LogP contribution in [0.2, 0.25) is 0 Å². The number of halogens is 2. The van der Waals surface area contributed by atoms with Crippen molar-refractivity contribution in [3.05, 3.63) is 32.2 Å². The molecular weight excluding hydrogens is 409 g/mol. The van der Waals surface area contributed by atoms with Gasteiger partial charge in [0.2, 0.25) is 0 Å². The minimum Gasteiger partial charge on any atom is -0.333 e. The number of amides is 1. The molecule has 1 N–H and O–H groups in total. The Morgan fingerprint density at radius 3 is 2.52 bits per heavy atom. The van der Waals surface area contributed by atoms with E-state index < -0.39 is 0 Å². The van der Waals surface area contributed by atoms with Crippen LogP contribution in [0, 0.1) is 20.8 Å². The van der Waals surface area contributed by atoms with E-state index in [2.05, 4.69) is 15.4 Å². The highest BCUT2D eigenvalue weighted by atomic mass is 35.5. The highest BCUT2D eigenvalue weighted by Crippen LogP contribution is 2.30. The summed E-state index contributed by atoms with van der Waals surface area (Å²) in [7, 11) is 1.63. The Hall–Kier alpha value is -1.48. The molecule has 0 bridgehead atoms. The molecule has 1 saturated heterocycles. The molecule has 0 aliphatic carbocycles. The first-order valence-electron chi connectivity index (χ1n) is 8.35. The Bertz CT molecular complexity index is 896. The molecule has 150 valence electrons. The average Bonchev–Trinajstić information content (AvgIpc) is 2.94. The van der Waals surface area contributed by atoms with Crippen molar-refractivity contribution in [3.8, 4) is 10.6 Å². The maximum atomic E-state index is 13.0. The fourth-order valence-electron chi connectivity index (χ4n) is 3.08. The van der Waals surface area contributed by atoms with Crippen LogP contribution in [-0.4, -0.2) is 51.2 Å². The van der Waals surface area contributed by atoms with Crippen molar-refractivity contribution in [1.29, 1.82) is 0 Å². The van der Waals surface area contributed by atoms with Crippen LogP contribution in [0.1, 0.15) is 33.5 Å². The summed E-state index contributed by atoms with van der Waals surface area (Å²) in [5.41, 5.74) is 2.62. The molecule has 1 fully saturated rings. The first-order valence-corrected chi connectivity index (χ1v) is 9.17. The lowest BCUT2D eigenvalue weighted by Gasteiger charge is -2.33. The van der Waals surface area contributed by atoms with Crippen LogP contribution in [0.4, 0.5) is 0 Å². The average molecular weight is 434 g/mol. The van der Waals surface area contributed by atoms with E-state index in [0.717, 1.165) is 24.3 Å². The number of aromatic nitrogens is 3. The summed E-state index contributed by atoms with van der Waals surface area (Å²) >= 11 is 1.30. The summed E-state index contributed by atoms with van der Waals surface area (Å²) in [6, 6.07) is 0.143. The van der Waals surface area contributed by atoms with Crippen molar-refractivity contribution in [3.63, 3.8) is 0 Å². The Morgan fingerprint density at radius 1 is 1.22 bits per heavy atom. The van der Waals surface area contributed by atoms with Gasteiger partial charge in [-0.05, 0) is 33.3 Å². The monoisotopic (exact) mass is 433 g/mol. The van der Waals surface area contributed by atoms with Gasteiger partial charge in [-0.3, -0.25) is 9.59 Å². The quantitative estimate of drug-likeness (QED) is 0.783. The van der Waals surface area contributed by atoms with Crippen LogP contribution < -0.4 is 10.9 Å². The second-order valence-electron chi connectivity index (χ2n) is 6.50. The summed E-state index contributed by atoms with van der Waals surface area (Å²) in [5, 5.41) is 8.08. The lowest BCUT2D eigenvalue weighted by Crippen LogP contribution is -2.52. The predicted octanol–water partition coefficient (Wildman–Crippen LogP) is 2.11. The van der Waals surface area contributed by atoms with Crippen LogP contribution >= 0.6 is 36.2 Å². The van der Waals surface area contributed by atoms with E-state index in [9.17, 15) is 9.59 Å². The molecule has 0 aromatic carbocycles. The summed E-state index contributed by atoms with van der Waals surface area (Å²) in [6.07, 6.45) is 0. The van der Waals surface area contributed by atoms with E-state index >= 15 is 0 Å². The summed E-state index contributed by atoms with van der Waals surface area (Å²) < 4.78 is 1.33. The molecular formula is C17H25Cl2N5O2S. The highest BCUT2D eigenvalue weighted by molar-refractivity contribution is 7.17. The molecule has 1 amide bonds. The number of thiazole rings is 1. The van der Waals surface area contributed by atoms with Gasteiger partial charge in [0.15, 0.2) is 0 Å². The van der Waals surface area contributed by atoms with Gasteiger partial charge in [-0.15, -0.1) is 36.2 Å². The van der Waals surface area contributed by atoms with E-state index in [1.54, 1.807) is 7.05 Å². The summed E-state index contributed by atoms with van der Waals surface area (Å²) in [5.74, 6) is -0.00416. The topological polar surface area (TPSA) is 80.1 Å². The number of carbonyl (C=O) groups excluding carboxylic acids is 1. The zero-order chi connectivity index (χ0) is 18.3. The highest BCUT2D eigenvalue weighted by Gasteiger charge is 2.28. The van der Waals surface area contributed by atoms with Crippen LogP contribution in [0.5, 0.6) is 0 Å². The van der Waals surface area contributed by atoms with Gasteiger partial charge in [-0.1, -0.05) is 0 Å². The molecule has 2 aromatic heterocycles. The van der Waals surface area contributed by atoms with E-state index in [4.69, 9.17) is 0 Å². The van der Waals surface area contributed by atoms with Crippen molar-refractivity contribution in [2.45, 2.75) is 33.7 Å². The molecule has 1 aliphatic heterocycles. The standard InChI is InChI=1S/C17H23N5O2S.2ClH/c1-9-8-18-6-7-22(9)17(24)14-12(4)19-15(25-14)13-10(2)11(3)20-21(5)16(13)23;;/h9,18H,6-8H2,1-5H3;2*1H. The maximum Gasteiger partial charge on any atom is 0.277 e. The first-order chi connectivity index (χ1) is 11.8. The Labute approximate surface area is 175 Å². The maximum absolute atomic E-state index is 13.0. The van der Waals surface area contributed by atoms with Crippen LogP contribution in [0.25, 0.3) is 10.6 Å². The second-order valence-corrected chi connectivity index (χ2v) is 7.50. The second kappa shape index (κ2) is 9.14. The molecule has 1 atom stereocenters. The third-order valence-corrected chi connectivity index (χ3v) is 5.86. The van der Waals surface area contributed by atoms with E-state index in [0.29, 0.717) is 27.7 Å². The summed E-state index contributed by atoms with van der Waals surface area (Å²) in [6.45, 7) is 9.87. The van der Waals surface area contributed by atoms with Crippen molar-refractivity contribution >= 4 is 42.1 Å². The lowest BCUT2D eigenvalue weighted by molar-refractivity contribution is 0.0660. The number of rotatable bonds is 2. The van der Waals surface area contributed by atoms with E-state index in [1.807, 2.05) is 32.6 Å². The Morgan fingerprint density at radius 2 is 1.89 bits per heavy atom. The normalized spacial score (nSPS) is 16.5. The minimum absolute atomic E-state index is 0. The van der Waals surface area contributed by atoms with Crippen molar-refractivity contribution in [2.75, 3.05) is 19.6 Å². The molecule has 27 heavy (non-hydrogen) atoms. The minimum atomic E-state index is -0.189. The van der Waals surface area contributed by atoms with Crippen LogP contribution in [0.15, 0.2) is 4.79 Å². The van der Waals surface area contributed by atoms with E-state index in [-0.39, 0.29) is 42.3 Å². The molecule has 0 spiro atoms. The smallest absolute Gasteiger partial charge is 0.277 e. The molecule has 2 aromatic rings. The SMILES string of the molecule is Cc1nc(-c2c(C)c(C)nn(C)c2=O)sc1C(=O)N1CCNCC1C.Cl.Cl. The summed E-state index contributed by atoms with van der Waals surface area (Å²) in [4.78, 5) is 32.5. The number of piperazine rings is 1. The van der Waals surface area contributed by atoms with Crippen molar-refractivity contribution < 1.29 is 4.79 Å². The molecule has 10 heteroatoms. The predicted molar refractivity (Wildman–Crippen MR) is 113 cm³/mol. The zero-order valence-corrected chi connectivity index (χ0v) is 18.5. The Balaban J connectivity index is 0.00000182. The molecule has 3 heterocycles. The largest absolute Gasteiger partial charge is 0.333 e. The molecule has 0 saturated carbocycles. The van der Waals surface area contributed by atoms with Gasteiger partial charge in [-0.2, -0.15) is 5.10 Å². The van der Waals surface area contributed by atoms with Crippen molar-refractivity contribution in [1.82, 2.24) is 25.0 Å². The molecule has 1 unspecified atom stereocenters. The number of hydrogen-bond donors (Lipinski definition) is 1. The zero-order valence-electron chi connectivity index (χ0n) is 16.0. The molecule has 1 aliphatic rings. The van der Waals surface area contributed by atoms with Gasteiger partial charge in [0.1, 0.15) is 9.88 Å². The van der Waals surface area contributed by atoms with Crippen LogP contribution in [-0.2, 0) is 7.05 Å². The van der Waals surface area contributed by atoms with Gasteiger partial charge in [-0.25, -0.2) is 9.67 Å². The lowest BCUT2D eigenvalue weighted by atomic mass is 10.1. The first kappa shape index (κ1) is 23.6. The third-order valence-electron chi connectivity index (χ3n) is 4.69. The fraction of sp³-hybridized carbons (Fsp3) is 0.529. The van der Waals surface area contributed by atoms with Gasteiger partial charge < -0.3 is 10.2 Å². The van der Waals surface area contributed by atoms with Gasteiger partial charge in [0, 0.05) is 32.7 Å². The van der Waals surface area contributed by atoms with Gasteiger partial charge in [0.05, 0.1) is 17.0 Å². The molecule has 7 nitrogen and oxygen atoms in total. The van der Waals surface area contributed by atoms with Gasteiger partial charge >= 0.3 is 0 Å². The number of carbonyl (C=O) groups is 1. The third kappa shape index (κ3) is 4.34. The fourth-order valence-corrected chi connectivity index (χ4v) is 4.19. The number of hydrogen-bond acceptors (Lipinski definition) is 6. The van der Waals surface area contributed by atoms with Crippen molar-refractivity contribution in [2.24, 2.45) is 7.05 Å².